The molecule has 2 aromatic heterocycles. The van der Waals surface area contributed by atoms with Crippen molar-refractivity contribution in [2.24, 2.45) is 4.99 Å². The number of pyridine rings is 1. The first-order valence-corrected chi connectivity index (χ1v) is 11.4. The Kier molecular flexibility index (Phi) is 9.91. The van der Waals surface area contributed by atoms with E-state index in [4.69, 9.17) is 4.42 Å². The predicted molar refractivity (Wildman–Crippen MR) is 144 cm³/mol. The highest BCUT2D eigenvalue weighted by Crippen LogP contribution is 2.33. The second kappa shape index (κ2) is 12.6. The Bertz CT molecular complexity index is 1250. The Balaban J connectivity index is 0.00000137. The first kappa shape index (κ1) is 27.5. The van der Waals surface area contributed by atoms with Crippen molar-refractivity contribution in [1.82, 2.24) is 10.3 Å². The van der Waals surface area contributed by atoms with Gasteiger partial charge in [-0.1, -0.05) is 42.5 Å². The molecule has 0 spiro atoms. The van der Waals surface area contributed by atoms with Crippen LogP contribution in [0.2, 0.25) is 0 Å². The first-order valence-electron chi connectivity index (χ1n) is 11.4. The Morgan fingerprint density at radius 1 is 1.23 bits per heavy atom. The molecule has 0 radical (unpaired) electrons. The van der Waals surface area contributed by atoms with Crippen molar-refractivity contribution in [2.75, 3.05) is 7.05 Å². The standard InChI is InChI=1S/C26H29N3O3.C3H6/c1-6-20(11-12-27-5)26(4,31)24-15-22-23(32-24)10-9-21(29-22)14-25(30)28-16-19-8-7-17(2)13-18(19)3;1-3-2/h6-13,15,31H,1,14,16H2,2-5H3,(H,28,30);3H,1H2,2H3/b20-11+,27-12?;. The Morgan fingerprint density at radius 2 is 1.94 bits per heavy atom. The first-order chi connectivity index (χ1) is 16.7. The molecule has 1 aromatic carbocycles. The number of furan rings is 1. The molecule has 3 rings (SSSR count). The van der Waals surface area contributed by atoms with E-state index in [-0.39, 0.29) is 12.3 Å². The van der Waals surface area contributed by atoms with Crippen LogP contribution in [0.4, 0.5) is 0 Å². The molecule has 0 aliphatic heterocycles. The second-order valence-corrected chi connectivity index (χ2v) is 8.39. The molecular formula is C29H35N3O3. The maximum absolute atomic E-state index is 12.4. The number of nitrogens with one attached hydrogen (secondary N) is 1. The van der Waals surface area contributed by atoms with Crippen LogP contribution in [0.5, 0.6) is 0 Å². The molecule has 0 saturated carbocycles. The number of nitrogens with zero attached hydrogens (tertiary/aromatic N) is 2. The highest BCUT2D eigenvalue weighted by Gasteiger charge is 2.30. The van der Waals surface area contributed by atoms with Gasteiger partial charge in [-0.25, -0.2) is 4.98 Å². The molecule has 6 nitrogen and oxygen atoms in total. The molecule has 184 valence electrons. The molecule has 1 amide bonds. The zero-order valence-electron chi connectivity index (χ0n) is 21.3. The van der Waals surface area contributed by atoms with E-state index in [0.717, 1.165) is 11.1 Å². The van der Waals surface area contributed by atoms with Gasteiger partial charge >= 0.3 is 0 Å². The van der Waals surface area contributed by atoms with Crippen LogP contribution in [-0.4, -0.2) is 29.3 Å². The third-order valence-corrected chi connectivity index (χ3v) is 5.41. The molecule has 1 unspecified atom stereocenters. The number of carbonyl (C=O) groups excluding carboxylic acids is 1. The zero-order chi connectivity index (χ0) is 26.0. The van der Waals surface area contributed by atoms with Gasteiger partial charge in [0.25, 0.3) is 0 Å². The van der Waals surface area contributed by atoms with Crippen molar-refractivity contribution in [3.63, 3.8) is 0 Å². The lowest BCUT2D eigenvalue weighted by atomic mass is 9.93. The van der Waals surface area contributed by atoms with Gasteiger partial charge in [0.1, 0.15) is 16.9 Å². The van der Waals surface area contributed by atoms with Gasteiger partial charge in [0.15, 0.2) is 5.58 Å². The van der Waals surface area contributed by atoms with Crippen molar-refractivity contribution < 1.29 is 14.3 Å². The SMILES string of the molecule is C=C/C(=C\C=NC)C(C)(O)c1cc2nc(CC(=O)NCc3ccc(C)cc3C)ccc2o1.C=CC. The van der Waals surface area contributed by atoms with E-state index in [1.54, 1.807) is 56.6 Å². The van der Waals surface area contributed by atoms with Gasteiger partial charge in [-0.3, -0.25) is 9.79 Å². The number of aliphatic imine (C=N–C) groups is 1. The van der Waals surface area contributed by atoms with Crippen LogP contribution in [0.3, 0.4) is 0 Å². The lowest BCUT2D eigenvalue weighted by Gasteiger charge is -2.21. The summed E-state index contributed by atoms with van der Waals surface area (Å²) in [7, 11) is 1.65. The monoisotopic (exact) mass is 473 g/mol. The summed E-state index contributed by atoms with van der Waals surface area (Å²) in [5.41, 5.74) is 4.33. The normalized spacial score (nSPS) is 13.1. The fourth-order valence-electron chi connectivity index (χ4n) is 3.50. The van der Waals surface area contributed by atoms with Crippen molar-refractivity contribution in [1.29, 1.82) is 0 Å². The third kappa shape index (κ3) is 7.36. The minimum Gasteiger partial charge on any atom is -0.456 e. The van der Waals surface area contributed by atoms with Crippen molar-refractivity contribution in [3.8, 4) is 0 Å². The van der Waals surface area contributed by atoms with Crippen LogP contribution in [0.1, 0.15) is 42.0 Å². The topological polar surface area (TPSA) is 87.7 Å². The summed E-state index contributed by atoms with van der Waals surface area (Å²) in [6.07, 6.45) is 6.73. The maximum Gasteiger partial charge on any atom is 0.226 e. The number of hydrogen-bond acceptors (Lipinski definition) is 5. The molecule has 6 heteroatoms. The molecule has 0 fully saturated rings. The Morgan fingerprint density at radius 3 is 2.57 bits per heavy atom. The summed E-state index contributed by atoms with van der Waals surface area (Å²) in [5.74, 6) is 0.232. The minimum absolute atomic E-state index is 0.108. The fraction of sp³-hybridized carbons (Fsp3) is 0.276. The van der Waals surface area contributed by atoms with Gasteiger partial charge in [-0.15, -0.1) is 6.58 Å². The van der Waals surface area contributed by atoms with Gasteiger partial charge in [-0.05, 0) is 62.6 Å². The van der Waals surface area contributed by atoms with Crippen LogP contribution in [0.15, 0.2) is 82.8 Å². The van der Waals surface area contributed by atoms with Gasteiger partial charge in [0.05, 0.1) is 12.1 Å². The molecule has 0 aliphatic carbocycles. The molecule has 0 aliphatic rings. The number of aliphatic hydroxyl groups is 1. The summed E-state index contributed by atoms with van der Waals surface area (Å²) >= 11 is 0. The Hall–Kier alpha value is -3.77. The number of aryl methyl sites for hydroxylation is 2. The van der Waals surface area contributed by atoms with Crippen LogP contribution < -0.4 is 5.32 Å². The number of carbonyl (C=O) groups is 1. The fourth-order valence-corrected chi connectivity index (χ4v) is 3.50. The van der Waals surface area contributed by atoms with E-state index in [1.165, 1.54) is 5.56 Å². The molecule has 2 heterocycles. The minimum atomic E-state index is -1.40. The van der Waals surface area contributed by atoms with Crippen LogP contribution in [0.25, 0.3) is 11.1 Å². The van der Waals surface area contributed by atoms with Gasteiger partial charge in [0, 0.05) is 25.9 Å². The molecule has 1 atom stereocenters. The van der Waals surface area contributed by atoms with E-state index < -0.39 is 5.60 Å². The number of aromatic nitrogens is 1. The predicted octanol–water partition coefficient (Wildman–Crippen LogP) is 5.52. The Labute approximate surface area is 207 Å². The second-order valence-electron chi connectivity index (χ2n) is 8.39. The lowest BCUT2D eigenvalue weighted by Crippen LogP contribution is -2.25. The molecule has 0 bridgehead atoms. The lowest BCUT2D eigenvalue weighted by molar-refractivity contribution is -0.120. The number of hydrogen-bond donors (Lipinski definition) is 2. The highest BCUT2D eigenvalue weighted by molar-refractivity contribution is 5.80. The van der Waals surface area contributed by atoms with Crippen molar-refractivity contribution in [2.45, 2.75) is 46.3 Å². The molecule has 35 heavy (non-hydrogen) atoms. The van der Waals surface area contributed by atoms with Crippen LogP contribution >= 0.6 is 0 Å². The number of allylic oxidation sites excluding steroid dienone is 2. The van der Waals surface area contributed by atoms with Crippen LogP contribution in [-0.2, 0) is 23.4 Å². The summed E-state index contributed by atoms with van der Waals surface area (Å²) in [5, 5.41) is 14.0. The third-order valence-electron chi connectivity index (χ3n) is 5.41. The van der Waals surface area contributed by atoms with E-state index >= 15 is 0 Å². The van der Waals surface area contributed by atoms with Crippen molar-refractivity contribution in [3.05, 3.63) is 102 Å². The smallest absolute Gasteiger partial charge is 0.226 e. The van der Waals surface area contributed by atoms with Gasteiger partial charge in [0.2, 0.25) is 5.91 Å². The molecule has 0 saturated heterocycles. The average Bonchev–Trinajstić information content (AvgIpc) is 3.24. The molecule has 3 aromatic rings. The molecular weight excluding hydrogens is 438 g/mol. The number of rotatable bonds is 8. The van der Waals surface area contributed by atoms with E-state index in [9.17, 15) is 9.90 Å². The summed E-state index contributed by atoms with van der Waals surface area (Å²) in [4.78, 5) is 20.9. The largest absolute Gasteiger partial charge is 0.456 e. The number of benzene rings is 1. The van der Waals surface area contributed by atoms with E-state index in [2.05, 4.69) is 34.5 Å². The number of fused-ring (bicyclic) bond motifs is 1. The number of amides is 1. The maximum atomic E-state index is 12.4. The summed E-state index contributed by atoms with van der Waals surface area (Å²) in [6.45, 7) is 15.2. The van der Waals surface area contributed by atoms with Gasteiger partial charge < -0.3 is 14.8 Å². The quantitative estimate of drug-likeness (QED) is 0.256. The van der Waals surface area contributed by atoms with E-state index in [0.29, 0.717) is 34.7 Å². The van der Waals surface area contributed by atoms with Crippen LogP contribution in [0, 0.1) is 13.8 Å². The van der Waals surface area contributed by atoms with Crippen molar-refractivity contribution >= 4 is 23.2 Å². The zero-order valence-corrected chi connectivity index (χ0v) is 21.3. The summed E-state index contributed by atoms with van der Waals surface area (Å²) in [6, 6.07) is 11.4. The van der Waals surface area contributed by atoms with E-state index in [1.807, 2.05) is 32.9 Å². The average molecular weight is 474 g/mol. The van der Waals surface area contributed by atoms with Gasteiger partial charge in [-0.2, -0.15) is 0 Å². The molecule has 2 N–H and O–H groups in total. The summed E-state index contributed by atoms with van der Waals surface area (Å²) < 4.78 is 5.84. The highest BCUT2D eigenvalue weighted by atomic mass is 16.4.